The van der Waals surface area contributed by atoms with Gasteiger partial charge in [-0.05, 0) is 17.7 Å². The number of aliphatic hydroxyl groups is 1. The third-order valence-corrected chi connectivity index (χ3v) is 4.14. The molecule has 0 aliphatic carbocycles. The minimum atomic E-state index is -1.28. The summed E-state index contributed by atoms with van der Waals surface area (Å²) in [6.45, 7) is 3.09. The van der Waals surface area contributed by atoms with Crippen molar-refractivity contribution < 1.29 is 14.6 Å². The standard InChI is InChI=1S/C17H19ClN4O3/c18-13-3-1-2-12(8-13)16(23)17(24)19-10-14-9-15(21-11-20-14)22-4-6-25-7-5-22/h1-3,8-9,11,16,23H,4-7,10H2,(H,19,24)/t16-/m0/s1. The van der Waals surface area contributed by atoms with Crippen LogP contribution in [0.1, 0.15) is 17.4 Å². The molecule has 0 radical (unpaired) electrons. The first-order valence-electron chi connectivity index (χ1n) is 7.98. The Morgan fingerprint density at radius 2 is 2.12 bits per heavy atom. The summed E-state index contributed by atoms with van der Waals surface area (Å²) in [6, 6.07) is 8.42. The van der Waals surface area contributed by atoms with E-state index in [1.807, 2.05) is 6.07 Å². The number of benzene rings is 1. The first-order chi connectivity index (χ1) is 12.1. The van der Waals surface area contributed by atoms with Gasteiger partial charge in [-0.2, -0.15) is 0 Å². The van der Waals surface area contributed by atoms with Gasteiger partial charge in [-0.1, -0.05) is 23.7 Å². The minimum absolute atomic E-state index is 0.205. The summed E-state index contributed by atoms with van der Waals surface area (Å²) < 4.78 is 5.33. The molecule has 2 N–H and O–H groups in total. The number of amides is 1. The third-order valence-electron chi connectivity index (χ3n) is 3.90. The molecule has 132 valence electrons. The highest BCUT2D eigenvalue weighted by atomic mass is 35.5. The molecular formula is C17H19ClN4O3. The van der Waals surface area contributed by atoms with Crippen LogP contribution in [0.4, 0.5) is 5.82 Å². The van der Waals surface area contributed by atoms with Crippen molar-refractivity contribution in [1.29, 1.82) is 0 Å². The topological polar surface area (TPSA) is 87.6 Å². The molecule has 0 unspecified atom stereocenters. The lowest BCUT2D eigenvalue weighted by Gasteiger charge is -2.27. The van der Waals surface area contributed by atoms with Crippen LogP contribution in [-0.4, -0.2) is 47.3 Å². The predicted octanol–water partition coefficient (Wildman–Crippen LogP) is 1.32. The predicted molar refractivity (Wildman–Crippen MR) is 93.3 cm³/mol. The van der Waals surface area contributed by atoms with Crippen molar-refractivity contribution in [3.63, 3.8) is 0 Å². The molecule has 1 fully saturated rings. The monoisotopic (exact) mass is 362 g/mol. The molecular weight excluding hydrogens is 344 g/mol. The quantitative estimate of drug-likeness (QED) is 0.834. The summed E-state index contributed by atoms with van der Waals surface area (Å²) in [5.41, 5.74) is 1.12. The van der Waals surface area contributed by atoms with Crippen LogP contribution in [0.2, 0.25) is 5.02 Å². The molecule has 1 aromatic carbocycles. The Labute approximate surface area is 150 Å². The Bertz CT molecular complexity index is 737. The second-order valence-corrected chi connectivity index (χ2v) is 6.08. The number of hydrogen-bond donors (Lipinski definition) is 2. The number of morpholine rings is 1. The first-order valence-corrected chi connectivity index (χ1v) is 8.36. The fraction of sp³-hybridized carbons (Fsp3) is 0.353. The summed E-state index contributed by atoms with van der Waals surface area (Å²) in [5, 5.41) is 13.3. The van der Waals surface area contributed by atoms with Crippen LogP contribution in [0.3, 0.4) is 0 Å². The number of carbonyl (C=O) groups excluding carboxylic acids is 1. The van der Waals surface area contributed by atoms with E-state index in [0.29, 0.717) is 29.5 Å². The number of hydrogen-bond acceptors (Lipinski definition) is 6. The number of halogens is 1. The molecule has 3 rings (SSSR count). The fourth-order valence-corrected chi connectivity index (χ4v) is 2.75. The molecule has 1 aliphatic rings. The van der Waals surface area contributed by atoms with Crippen molar-refractivity contribution >= 4 is 23.3 Å². The molecule has 25 heavy (non-hydrogen) atoms. The van der Waals surface area contributed by atoms with Crippen LogP contribution >= 0.6 is 11.6 Å². The lowest BCUT2D eigenvalue weighted by atomic mass is 10.1. The maximum absolute atomic E-state index is 12.1. The fourth-order valence-electron chi connectivity index (χ4n) is 2.55. The molecule has 1 aliphatic heterocycles. The Kier molecular flexibility index (Phi) is 5.80. The van der Waals surface area contributed by atoms with Gasteiger partial charge in [0.25, 0.3) is 5.91 Å². The largest absolute Gasteiger partial charge is 0.378 e. The normalized spacial score (nSPS) is 15.7. The summed E-state index contributed by atoms with van der Waals surface area (Å²) in [7, 11) is 0. The number of aromatic nitrogens is 2. The zero-order valence-corrected chi connectivity index (χ0v) is 14.3. The average Bonchev–Trinajstić information content (AvgIpc) is 2.66. The van der Waals surface area contributed by atoms with E-state index in [1.54, 1.807) is 24.3 Å². The number of nitrogens with one attached hydrogen (secondary N) is 1. The third kappa shape index (κ3) is 4.66. The second kappa shape index (κ2) is 8.24. The number of nitrogens with zero attached hydrogens (tertiary/aromatic N) is 3. The van der Waals surface area contributed by atoms with Gasteiger partial charge in [-0.15, -0.1) is 0 Å². The van der Waals surface area contributed by atoms with Gasteiger partial charge in [0.2, 0.25) is 0 Å². The maximum atomic E-state index is 12.1. The van der Waals surface area contributed by atoms with Crippen LogP contribution < -0.4 is 10.2 Å². The molecule has 1 amide bonds. The summed E-state index contributed by atoms with van der Waals surface area (Å²) in [4.78, 5) is 22.7. The van der Waals surface area contributed by atoms with E-state index in [2.05, 4.69) is 20.2 Å². The van der Waals surface area contributed by atoms with E-state index in [9.17, 15) is 9.90 Å². The SMILES string of the molecule is O=C(NCc1cc(N2CCOCC2)ncn1)[C@@H](O)c1cccc(Cl)c1. The first kappa shape index (κ1) is 17.6. The lowest BCUT2D eigenvalue weighted by Crippen LogP contribution is -2.37. The number of anilines is 1. The van der Waals surface area contributed by atoms with Crippen molar-refractivity contribution in [3.8, 4) is 0 Å². The zero-order valence-electron chi connectivity index (χ0n) is 13.6. The Morgan fingerprint density at radius 1 is 1.32 bits per heavy atom. The molecule has 0 bridgehead atoms. The summed E-state index contributed by atoms with van der Waals surface area (Å²) in [5.74, 6) is 0.298. The molecule has 0 saturated carbocycles. The smallest absolute Gasteiger partial charge is 0.253 e. The number of carbonyl (C=O) groups is 1. The van der Waals surface area contributed by atoms with E-state index in [4.69, 9.17) is 16.3 Å². The van der Waals surface area contributed by atoms with Crippen LogP contribution in [0.15, 0.2) is 36.7 Å². The van der Waals surface area contributed by atoms with Gasteiger partial charge in [0, 0.05) is 24.2 Å². The summed E-state index contributed by atoms with van der Waals surface area (Å²) in [6.07, 6.45) is 0.193. The maximum Gasteiger partial charge on any atom is 0.253 e. The molecule has 1 saturated heterocycles. The van der Waals surface area contributed by atoms with Crippen molar-refractivity contribution in [2.24, 2.45) is 0 Å². The Morgan fingerprint density at radius 3 is 2.88 bits per heavy atom. The van der Waals surface area contributed by atoms with Gasteiger partial charge in [0.15, 0.2) is 6.10 Å². The molecule has 0 spiro atoms. The van der Waals surface area contributed by atoms with Crippen molar-refractivity contribution in [2.45, 2.75) is 12.6 Å². The highest BCUT2D eigenvalue weighted by molar-refractivity contribution is 6.30. The molecule has 7 nitrogen and oxygen atoms in total. The van der Waals surface area contributed by atoms with Gasteiger partial charge in [0.1, 0.15) is 12.1 Å². The van der Waals surface area contributed by atoms with E-state index in [0.717, 1.165) is 18.9 Å². The van der Waals surface area contributed by atoms with E-state index < -0.39 is 12.0 Å². The van der Waals surface area contributed by atoms with Crippen molar-refractivity contribution in [2.75, 3.05) is 31.2 Å². The van der Waals surface area contributed by atoms with Crippen LogP contribution in [0.5, 0.6) is 0 Å². The van der Waals surface area contributed by atoms with E-state index in [-0.39, 0.29) is 6.54 Å². The van der Waals surface area contributed by atoms with Gasteiger partial charge < -0.3 is 20.1 Å². The van der Waals surface area contributed by atoms with E-state index >= 15 is 0 Å². The average molecular weight is 363 g/mol. The van der Waals surface area contributed by atoms with Crippen LogP contribution in [-0.2, 0) is 16.1 Å². The molecule has 1 atom stereocenters. The molecule has 1 aromatic heterocycles. The zero-order chi connectivity index (χ0) is 17.6. The Hall–Kier alpha value is -2.22. The van der Waals surface area contributed by atoms with Crippen LogP contribution in [0.25, 0.3) is 0 Å². The van der Waals surface area contributed by atoms with E-state index in [1.165, 1.54) is 6.33 Å². The molecule has 8 heteroatoms. The number of aliphatic hydroxyl groups excluding tert-OH is 1. The highest BCUT2D eigenvalue weighted by Crippen LogP contribution is 2.18. The minimum Gasteiger partial charge on any atom is -0.378 e. The summed E-state index contributed by atoms with van der Waals surface area (Å²) >= 11 is 5.88. The number of rotatable bonds is 5. The molecule has 2 heterocycles. The van der Waals surface area contributed by atoms with Gasteiger partial charge in [-0.3, -0.25) is 4.79 Å². The second-order valence-electron chi connectivity index (χ2n) is 5.64. The number of ether oxygens (including phenoxy) is 1. The lowest BCUT2D eigenvalue weighted by molar-refractivity contribution is -0.129. The van der Waals surface area contributed by atoms with Crippen molar-refractivity contribution in [3.05, 3.63) is 52.9 Å². The van der Waals surface area contributed by atoms with Gasteiger partial charge in [0.05, 0.1) is 25.5 Å². The van der Waals surface area contributed by atoms with Crippen LogP contribution in [0, 0.1) is 0 Å². The van der Waals surface area contributed by atoms with Gasteiger partial charge in [-0.25, -0.2) is 9.97 Å². The van der Waals surface area contributed by atoms with Crippen molar-refractivity contribution in [1.82, 2.24) is 15.3 Å². The van der Waals surface area contributed by atoms with Gasteiger partial charge >= 0.3 is 0 Å². The Balaban J connectivity index is 1.60. The highest BCUT2D eigenvalue weighted by Gasteiger charge is 2.18. The molecule has 2 aromatic rings.